The molecule has 0 saturated heterocycles. The first-order valence-corrected chi connectivity index (χ1v) is 4.72. The van der Waals surface area contributed by atoms with Crippen molar-refractivity contribution in [1.29, 1.82) is 10.5 Å². The zero-order valence-electron chi connectivity index (χ0n) is 9.10. The molecule has 0 amide bonds. The van der Waals surface area contributed by atoms with Crippen LogP contribution in [0, 0.1) is 34.5 Å². The van der Waals surface area contributed by atoms with Crippen LogP contribution < -0.4 is 0 Å². The lowest BCUT2D eigenvalue weighted by Crippen LogP contribution is -2.13. The van der Waals surface area contributed by atoms with Gasteiger partial charge in [0.15, 0.2) is 12.1 Å². The smallest absolute Gasteiger partial charge is 0.159 e. The molecule has 76 valence electrons. The van der Waals surface area contributed by atoms with E-state index in [2.05, 4.69) is 22.4 Å². The molecule has 0 radical (unpaired) electrons. The van der Waals surface area contributed by atoms with Crippen LogP contribution in [0.5, 0.6) is 0 Å². The van der Waals surface area contributed by atoms with Crippen molar-refractivity contribution < 1.29 is 0 Å². The SMILES string of the molecule is CC(C)[C@@H](C#N)N=N[C@H](C#N)C(C)C. The fourth-order valence-corrected chi connectivity index (χ4v) is 0.760. The molecule has 0 aromatic rings. The largest absolute Gasteiger partial charge is 0.196 e. The van der Waals surface area contributed by atoms with E-state index in [-0.39, 0.29) is 11.8 Å². The first kappa shape index (κ1) is 12.6. The monoisotopic (exact) mass is 192 g/mol. The van der Waals surface area contributed by atoms with Gasteiger partial charge in [-0.25, -0.2) is 0 Å². The van der Waals surface area contributed by atoms with E-state index in [1.165, 1.54) is 0 Å². The second kappa shape index (κ2) is 6.10. The number of rotatable bonds is 4. The van der Waals surface area contributed by atoms with Crippen LogP contribution in [0.3, 0.4) is 0 Å². The van der Waals surface area contributed by atoms with Crippen molar-refractivity contribution in [3.05, 3.63) is 0 Å². The Morgan fingerprint density at radius 3 is 1.21 bits per heavy atom. The highest BCUT2D eigenvalue weighted by Crippen LogP contribution is 2.10. The molecule has 0 aromatic carbocycles. The second-order valence-electron chi connectivity index (χ2n) is 3.87. The summed E-state index contributed by atoms with van der Waals surface area (Å²) in [6, 6.07) is 3.22. The number of nitrogens with zero attached hydrogens (tertiary/aromatic N) is 4. The van der Waals surface area contributed by atoms with E-state index in [1.807, 2.05) is 27.7 Å². The van der Waals surface area contributed by atoms with Crippen LogP contribution in [0.4, 0.5) is 0 Å². The number of hydrogen-bond donors (Lipinski definition) is 0. The minimum Gasteiger partial charge on any atom is -0.196 e. The molecule has 0 aromatic heterocycles. The van der Waals surface area contributed by atoms with Crippen molar-refractivity contribution in [3.8, 4) is 12.1 Å². The molecular formula is C10H16N4. The summed E-state index contributed by atoms with van der Waals surface area (Å²) in [5, 5.41) is 25.2. The maximum absolute atomic E-state index is 8.73. The third-order valence-corrected chi connectivity index (χ3v) is 1.84. The number of hydrogen-bond acceptors (Lipinski definition) is 4. The molecule has 0 unspecified atom stereocenters. The van der Waals surface area contributed by atoms with E-state index < -0.39 is 12.1 Å². The van der Waals surface area contributed by atoms with Gasteiger partial charge < -0.3 is 0 Å². The Balaban J connectivity index is 4.42. The lowest BCUT2D eigenvalue weighted by Gasteiger charge is -2.09. The van der Waals surface area contributed by atoms with Crippen LogP contribution in [0.2, 0.25) is 0 Å². The number of nitriles is 2. The molecule has 0 aliphatic rings. The quantitative estimate of drug-likeness (QED) is 0.642. The van der Waals surface area contributed by atoms with E-state index in [0.717, 1.165) is 0 Å². The van der Waals surface area contributed by atoms with Crippen molar-refractivity contribution in [2.75, 3.05) is 0 Å². The Labute approximate surface area is 85.3 Å². The molecule has 0 rings (SSSR count). The molecule has 14 heavy (non-hydrogen) atoms. The summed E-state index contributed by atoms with van der Waals surface area (Å²) in [7, 11) is 0. The van der Waals surface area contributed by atoms with Gasteiger partial charge in [0.2, 0.25) is 0 Å². The summed E-state index contributed by atoms with van der Waals surface area (Å²) in [6.45, 7) is 7.63. The van der Waals surface area contributed by atoms with Gasteiger partial charge in [0, 0.05) is 0 Å². The van der Waals surface area contributed by atoms with Crippen molar-refractivity contribution in [2.45, 2.75) is 39.8 Å². The molecule has 4 heteroatoms. The van der Waals surface area contributed by atoms with Gasteiger partial charge in [0.1, 0.15) is 0 Å². The van der Waals surface area contributed by atoms with Gasteiger partial charge in [0.05, 0.1) is 12.1 Å². The predicted molar refractivity (Wildman–Crippen MR) is 53.3 cm³/mol. The van der Waals surface area contributed by atoms with E-state index in [1.54, 1.807) is 0 Å². The van der Waals surface area contributed by atoms with E-state index in [0.29, 0.717) is 0 Å². The topological polar surface area (TPSA) is 72.3 Å². The molecule has 0 spiro atoms. The fraction of sp³-hybridized carbons (Fsp3) is 0.800. The number of azo groups is 1. The molecule has 0 saturated carbocycles. The van der Waals surface area contributed by atoms with Crippen molar-refractivity contribution in [1.82, 2.24) is 0 Å². The van der Waals surface area contributed by atoms with Crippen molar-refractivity contribution in [3.63, 3.8) is 0 Å². The minimum absolute atomic E-state index is 0.134. The molecule has 0 bridgehead atoms. The Hall–Kier alpha value is -1.42. The zero-order chi connectivity index (χ0) is 11.1. The lowest BCUT2D eigenvalue weighted by atomic mass is 10.1. The normalized spacial score (nSPS) is 15.4. The Bertz CT molecular complexity index is 239. The minimum atomic E-state index is -0.440. The average Bonchev–Trinajstić information content (AvgIpc) is 2.11. The standard InChI is InChI=1S/C10H16N4/c1-7(2)9(5-11)13-14-10(6-12)8(3)4/h7-10H,1-4H3/t9-,10-/m1/s1. The molecule has 0 aliphatic carbocycles. The zero-order valence-corrected chi connectivity index (χ0v) is 9.10. The first-order valence-electron chi connectivity index (χ1n) is 4.72. The highest BCUT2D eigenvalue weighted by molar-refractivity contribution is 4.94. The lowest BCUT2D eigenvalue weighted by molar-refractivity contribution is 0.507. The second-order valence-corrected chi connectivity index (χ2v) is 3.87. The summed E-state index contributed by atoms with van der Waals surface area (Å²) in [5.74, 6) is 0.269. The van der Waals surface area contributed by atoms with Gasteiger partial charge in [-0.1, -0.05) is 27.7 Å². The average molecular weight is 192 g/mol. The molecule has 2 atom stereocenters. The maximum atomic E-state index is 8.73. The molecule has 0 fully saturated rings. The third kappa shape index (κ3) is 4.00. The van der Waals surface area contributed by atoms with Gasteiger partial charge in [0.25, 0.3) is 0 Å². The van der Waals surface area contributed by atoms with Crippen LogP contribution in [-0.4, -0.2) is 12.1 Å². The summed E-state index contributed by atoms with van der Waals surface area (Å²) in [5.41, 5.74) is 0. The van der Waals surface area contributed by atoms with Crippen LogP contribution >= 0.6 is 0 Å². The van der Waals surface area contributed by atoms with E-state index in [4.69, 9.17) is 10.5 Å². The van der Waals surface area contributed by atoms with Crippen LogP contribution in [0.25, 0.3) is 0 Å². The molecule has 0 aliphatic heterocycles. The summed E-state index contributed by atoms with van der Waals surface area (Å²) in [6.07, 6.45) is 0. The van der Waals surface area contributed by atoms with Gasteiger partial charge in [-0.05, 0) is 11.8 Å². The third-order valence-electron chi connectivity index (χ3n) is 1.84. The van der Waals surface area contributed by atoms with Crippen LogP contribution in [0.1, 0.15) is 27.7 Å². The first-order chi connectivity index (χ1) is 6.52. The highest BCUT2D eigenvalue weighted by Gasteiger charge is 2.14. The van der Waals surface area contributed by atoms with Gasteiger partial charge in [-0.3, -0.25) is 0 Å². The van der Waals surface area contributed by atoms with Gasteiger partial charge in [-0.15, -0.1) is 0 Å². The Morgan fingerprint density at radius 1 is 0.786 bits per heavy atom. The van der Waals surface area contributed by atoms with Gasteiger partial charge >= 0.3 is 0 Å². The summed E-state index contributed by atoms with van der Waals surface area (Å²) < 4.78 is 0. The van der Waals surface area contributed by atoms with E-state index in [9.17, 15) is 0 Å². The predicted octanol–water partition coefficient (Wildman–Crippen LogP) is 2.53. The fourth-order valence-electron chi connectivity index (χ4n) is 0.760. The van der Waals surface area contributed by atoms with E-state index >= 15 is 0 Å². The van der Waals surface area contributed by atoms with Crippen LogP contribution in [0.15, 0.2) is 10.2 Å². The Kier molecular flexibility index (Phi) is 5.48. The summed E-state index contributed by atoms with van der Waals surface area (Å²) >= 11 is 0. The molecule has 0 heterocycles. The maximum Gasteiger partial charge on any atom is 0.159 e. The Morgan fingerprint density at radius 2 is 1.07 bits per heavy atom. The molecule has 0 N–H and O–H groups in total. The summed E-state index contributed by atoms with van der Waals surface area (Å²) in [4.78, 5) is 0. The highest BCUT2D eigenvalue weighted by atomic mass is 15.1. The van der Waals surface area contributed by atoms with Crippen LogP contribution in [-0.2, 0) is 0 Å². The molecular weight excluding hydrogens is 176 g/mol. The van der Waals surface area contributed by atoms with Crippen molar-refractivity contribution >= 4 is 0 Å². The molecule has 4 nitrogen and oxygen atoms in total. The van der Waals surface area contributed by atoms with Crippen molar-refractivity contribution in [2.24, 2.45) is 22.1 Å². The van der Waals surface area contributed by atoms with Gasteiger partial charge in [-0.2, -0.15) is 20.8 Å².